The zero-order valence-corrected chi connectivity index (χ0v) is 18.7. The van der Waals surface area contributed by atoms with Gasteiger partial charge in [-0.15, -0.1) is 5.92 Å². The molecule has 1 unspecified atom stereocenters. The summed E-state index contributed by atoms with van der Waals surface area (Å²) in [5.74, 6) is 1.35. The maximum Gasteiger partial charge on any atom is 1.00 e. The van der Waals surface area contributed by atoms with Gasteiger partial charge in [-0.25, -0.2) is 6.61 Å². The molecule has 4 heteroatoms. The van der Waals surface area contributed by atoms with Gasteiger partial charge in [0, 0.05) is 25.3 Å². The summed E-state index contributed by atoms with van der Waals surface area (Å²) in [6.07, 6.45) is 1.93. The Kier molecular flexibility index (Phi) is 8.45. The third-order valence-electron chi connectivity index (χ3n) is 3.11. The molecule has 19 heavy (non-hydrogen) atoms. The van der Waals surface area contributed by atoms with Crippen LogP contribution in [0.5, 0.6) is 5.75 Å². The average molecular weight is 381 g/mol. The molecule has 3 nitrogen and oxygen atoms in total. The first-order chi connectivity index (χ1) is 8.69. The van der Waals surface area contributed by atoms with Gasteiger partial charge >= 0.3 is 68.9 Å². The van der Waals surface area contributed by atoms with Gasteiger partial charge in [-0.2, -0.15) is 0 Å². The first kappa shape index (κ1) is 17.9. The number of hydrogen-bond donors (Lipinski definition) is 0. The number of nitrogens with zero attached hydrogens (tertiary/aromatic N) is 1. The Hall–Kier alpha value is 0.832. The Morgan fingerprint density at radius 3 is 2.89 bits per heavy atom. The Labute approximate surface area is 175 Å². The first-order valence-electron chi connectivity index (χ1n) is 6.65. The fourth-order valence-electron chi connectivity index (χ4n) is 2.12. The van der Waals surface area contributed by atoms with Gasteiger partial charge in [0.05, 0.1) is 0 Å². The first-order valence-corrected chi connectivity index (χ1v) is 6.65. The van der Waals surface area contributed by atoms with E-state index < -0.39 is 0 Å². The molecule has 1 fully saturated rings. The maximum absolute atomic E-state index is 5.83. The summed E-state index contributed by atoms with van der Waals surface area (Å²) in [6, 6.07) is 8.18. The van der Waals surface area contributed by atoms with Crippen molar-refractivity contribution in [1.29, 1.82) is 0 Å². The van der Waals surface area contributed by atoms with E-state index in [1.165, 1.54) is 5.69 Å². The largest absolute Gasteiger partial charge is 1.00 e. The van der Waals surface area contributed by atoms with Crippen LogP contribution in [0.2, 0.25) is 0 Å². The molecule has 2 rings (SSSR count). The summed E-state index contributed by atoms with van der Waals surface area (Å²) in [6.45, 7) is 7.22. The van der Waals surface area contributed by atoms with Crippen molar-refractivity contribution in [1.82, 2.24) is 0 Å². The molecule has 0 aliphatic carbocycles. The summed E-state index contributed by atoms with van der Waals surface area (Å²) >= 11 is 0. The maximum atomic E-state index is 5.83. The van der Waals surface area contributed by atoms with Crippen molar-refractivity contribution < 1.29 is 78.4 Å². The Bertz CT molecular complexity index is 386. The van der Waals surface area contributed by atoms with Crippen LogP contribution in [0.1, 0.15) is 26.7 Å². The van der Waals surface area contributed by atoms with Crippen LogP contribution in [0.15, 0.2) is 24.3 Å². The second kappa shape index (κ2) is 8.97. The van der Waals surface area contributed by atoms with Crippen LogP contribution in [-0.4, -0.2) is 19.9 Å². The van der Waals surface area contributed by atoms with Crippen molar-refractivity contribution in [2.24, 2.45) is 5.92 Å². The standard InChI is InChI=1S/C15H22NO2.Cs/c1-4-8-16(3)13-6-5-7-14(10-13)18-15-9-12(2)11-17-15;/h5-7,10-12,15H,4,8-9H2,1-3H3;/q-1;+1/t12-,15?;/m1./s1. The fourth-order valence-corrected chi connectivity index (χ4v) is 2.12. The van der Waals surface area contributed by atoms with E-state index in [1.807, 2.05) is 18.7 Å². The molecule has 0 aromatic heterocycles. The zero-order chi connectivity index (χ0) is 13.0. The van der Waals surface area contributed by atoms with Gasteiger partial charge in [-0.3, -0.25) is 0 Å². The normalized spacial score (nSPS) is 21.8. The van der Waals surface area contributed by atoms with Crippen molar-refractivity contribution in [3.8, 4) is 5.75 Å². The van der Waals surface area contributed by atoms with E-state index in [-0.39, 0.29) is 75.2 Å². The van der Waals surface area contributed by atoms with Crippen LogP contribution >= 0.6 is 0 Å². The molecule has 1 heterocycles. The Morgan fingerprint density at radius 2 is 2.26 bits per heavy atom. The van der Waals surface area contributed by atoms with Crippen LogP contribution in [0.4, 0.5) is 5.69 Å². The van der Waals surface area contributed by atoms with Gasteiger partial charge < -0.3 is 14.4 Å². The molecular formula is C15H22CsNO2. The smallest absolute Gasteiger partial charge is 0.520 e. The summed E-state index contributed by atoms with van der Waals surface area (Å²) in [4.78, 5) is 2.23. The number of hydrogen-bond acceptors (Lipinski definition) is 3. The minimum atomic E-state index is -0.133. The third-order valence-corrected chi connectivity index (χ3v) is 3.11. The monoisotopic (exact) mass is 381 g/mol. The Balaban J connectivity index is 0.00000180. The van der Waals surface area contributed by atoms with E-state index in [0.29, 0.717) is 5.92 Å². The SMILES string of the molecule is CCCN(C)c1cccc(OC2C[C@@H](C)[CH-]O2)c1.[Cs+]. The van der Waals surface area contributed by atoms with Crippen LogP contribution in [0.3, 0.4) is 0 Å². The fraction of sp³-hybridized carbons (Fsp3) is 0.533. The zero-order valence-electron chi connectivity index (χ0n) is 12.4. The van der Waals surface area contributed by atoms with Crippen LogP contribution in [-0.2, 0) is 4.74 Å². The predicted octanol–water partition coefficient (Wildman–Crippen LogP) is 0.460. The van der Waals surface area contributed by atoms with E-state index in [4.69, 9.17) is 9.47 Å². The molecular weight excluding hydrogens is 359 g/mol. The average Bonchev–Trinajstić information content (AvgIpc) is 2.75. The topological polar surface area (TPSA) is 21.7 Å². The molecule has 0 amide bonds. The minimum Gasteiger partial charge on any atom is -0.520 e. The van der Waals surface area contributed by atoms with E-state index in [1.54, 1.807) is 0 Å². The molecule has 1 aliphatic heterocycles. The van der Waals surface area contributed by atoms with Crippen molar-refractivity contribution in [3.05, 3.63) is 30.9 Å². The van der Waals surface area contributed by atoms with Gasteiger partial charge in [-0.1, -0.05) is 19.9 Å². The van der Waals surface area contributed by atoms with Gasteiger partial charge in [-0.05, 0) is 25.0 Å². The summed E-state index contributed by atoms with van der Waals surface area (Å²) in [5.41, 5.74) is 1.18. The van der Waals surface area contributed by atoms with Gasteiger partial charge in [0.25, 0.3) is 0 Å². The number of ether oxygens (including phenoxy) is 2. The summed E-state index contributed by atoms with van der Waals surface area (Å²) < 4.78 is 11.3. The molecule has 2 atom stereocenters. The van der Waals surface area contributed by atoms with Crippen molar-refractivity contribution in [2.75, 3.05) is 18.5 Å². The Morgan fingerprint density at radius 1 is 1.47 bits per heavy atom. The molecule has 1 saturated heterocycles. The number of benzene rings is 1. The third kappa shape index (κ3) is 5.61. The van der Waals surface area contributed by atoms with Crippen molar-refractivity contribution in [2.45, 2.75) is 33.0 Å². The number of anilines is 1. The molecule has 0 saturated carbocycles. The predicted molar refractivity (Wildman–Crippen MR) is 73.6 cm³/mol. The molecule has 100 valence electrons. The second-order valence-electron chi connectivity index (χ2n) is 4.95. The van der Waals surface area contributed by atoms with Crippen LogP contribution in [0, 0.1) is 12.5 Å². The quantitative estimate of drug-likeness (QED) is 0.692. The molecule has 0 radical (unpaired) electrons. The van der Waals surface area contributed by atoms with Crippen molar-refractivity contribution in [3.63, 3.8) is 0 Å². The molecule has 0 spiro atoms. The number of rotatable bonds is 5. The van der Waals surface area contributed by atoms with Gasteiger partial charge in [0.15, 0.2) is 6.29 Å². The van der Waals surface area contributed by atoms with E-state index >= 15 is 0 Å². The van der Waals surface area contributed by atoms with E-state index in [2.05, 4.69) is 37.9 Å². The summed E-state index contributed by atoms with van der Waals surface area (Å²) in [5, 5.41) is 0. The molecule has 1 aromatic carbocycles. The van der Waals surface area contributed by atoms with Crippen molar-refractivity contribution >= 4 is 5.69 Å². The molecule has 1 aliphatic rings. The molecule has 0 N–H and O–H groups in total. The second-order valence-corrected chi connectivity index (χ2v) is 4.95. The van der Waals surface area contributed by atoms with Crippen LogP contribution in [0.25, 0.3) is 0 Å². The van der Waals surface area contributed by atoms with Gasteiger partial charge in [0.1, 0.15) is 5.75 Å². The molecule has 1 aromatic rings. The minimum absolute atomic E-state index is 0. The van der Waals surface area contributed by atoms with Gasteiger partial charge in [0.2, 0.25) is 0 Å². The molecule has 0 bridgehead atoms. The van der Waals surface area contributed by atoms with Crippen LogP contribution < -0.4 is 78.5 Å². The van der Waals surface area contributed by atoms with E-state index in [0.717, 1.165) is 25.1 Å². The summed E-state index contributed by atoms with van der Waals surface area (Å²) in [7, 11) is 2.10. The van der Waals surface area contributed by atoms with E-state index in [9.17, 15) is 0 Å².